The number of halogens is 1. The van der Waals surface area contributed by atoms with Gasteiger partial charge in [0.1, 0.15) is 5.82 Å². The van der Waals surface area contributed by atoms with E-state index in [1.165, 1.54) is 19.2 Å². The summed E-state index contributed by atoms with van der Waals surface area (Å²) >= 11 is 0. The second-order valence-corrected chi connectivity index (χ2v) is 8.81. The molecule has 0 spiro atoms. The molecule has 1 fully saturated rings. The Morgan fingerprint density at radius 1 is 1.14 bits per heavy atom. The minimum Gasteiger partial charge on any atom is -0.357 e. The Morgan fingerprint density at radius 3 is 2.45 bits per heavy atom. The second kappa shape index (κ2) is 11.5. The Kier molecular flexibility index (Phi) is 9.37. The maximum Gasteiger partial charge on any atom is 0.191 e. The summed E-state index contributed by atoms with van der Waals surface area (Å²) in [6.07, 6.45) is 0. The number of nitrogens with zero attached hydrogens (tertiary/aromatic N) is 3. The summed E-state index contributed by atoms with van der Waals surface area (Å²) in [4.78, 5) is 9.86. The van der Waals surface area contributed by atoms with Crippen LogP contribution in [0.1, 0.15) is 40.2 Å². The Bertz CT molecular complexity index is 638. The number of guanidine groups is 1. The van der Waals surface area contributed by atoms with Gasteiger partial charge >= 0.3 is 0 Å². The maximum atomic E-state index is 13.6. The molecule has 1 aromatic carbocycles. The molecular weight excluding hydrogens is 365 g/mol. The van der Waals surface area contributed by atoms with Crippen molar-refractivity contribution in [1.82, 2.24) is 20.4 Å². The largest absolute Gasteiger partial charge is 0.357 e. The molecule has 5 nitrogen and oxygen atoms in total. The third-order valence-electron chi connectivity index (χ3n) is 5.68. The van der Waals surface area contributed by atoms with E-state index < -0.39 is 0 Å². The summed E-state index contributed by atoms with van der Waals surface area (Å²) in [6.45, 7) is 20.1. The normalized spacial score (nSPS) is 17.9. The summed E-state index contributed by atoms with van der Waals surface area (Å²) < 4.78 is 13.6. The summed E-state index contributed by atoms with van der Waals surface area (Å²) in [5.41, 5.74) is 0.742. The molecule has 0 aliphatic carbocycles. The highest BCUT2D eigenvalue weighted by molar-refractivity contribution is 5.79. The lowest BCUT2D eigenvalue weighted by Crippen LogP contribution is -2.48. The Labute approximate surface area is 176 Å². The molecule has 2 rings (SSSR count). The molecule has 1 aliphatic heterocycles. The molecular formula is C23H40FN5. The maximum absolute atomic E-state index is 13.6. The average Bonchev–Trinajstić information content (AvgIpc) is 2.70. The van der Waals surface area contributed by atoms with Gasteiger partial charge in [0.15, 0.2) is 5.96 Å². The Balaban J connectivity index is 1.85. The number of rotatable bonds is 9. The molecule has 1 heterocycles. The van der Waals surface area contributed by atoms with Crippen LogP contribution < -0.4 is 10.6 Å². The van der Waals surface area contributed by atoms with E-state index in [1.807, 2.05) is 6.07 Å². The van der Waals surface area contributed by atoms with Gasteiger partial charge in [0.2, 0.25) is 0 Å². The standard InChI is InChI=1S/C23H40FN5/c1-6-25-22(27-18-23(4,5)20-9-8-10-21(24)15-20)26-16-19(3)17-29-13-11-28(7-2)12-14-29/h8-10,15,19H,6-7,11-14,16-18H2,1-5H3,(H2,25,26,27). The van der Waals surface area contributed by atoms with Gasteiger partial charge < -0.3 is 20.4 Å². The summed E-state index contributed by atoms with van der Waals surface area (Å²) in [5.74, 6) is 1.18. The van der Waals surface area contributed by atoms with E-state index in [0.29, 0.717) is 12.5 Å². The van der Waals surface area contributed by atoms with Crippen LogP contribution in [0.15, 0.2) is 29.3 Å². The lowest BCUT2D eigenvalue weighted by atomic mass is 9.85. The van der Waals surface area contributed by atoms with Gasteiger partial charge in [-0.2, -0.15) is 0 Å². The number of hydrogen-bond donors (Lipinski definition) is 2. The van der Waals surface area contributed by atoms with E-state index in [0.717, 1.165) is 50.8 Å². The first-order chi connectivity index (χ1) is 13.8. The quantitative estimate of drug-likeness (QED) is 0.490. The molecule has 0 aromatic heterocycles. The van der Waals surface area contributed by atoms with E-state index in [-0.39, 0.29) is 11.2 Å². The van der Waals surface area contributed by atoms with Gasteiger partial charge in [-0.25, -0.2) is 4.39 Å². The molecule has 2 N–H and O–H groups in total. The van der Waals surface area contributed by atoms with Crippen LogP contribution in [0.5, 0.6) is 0 Å². The van der Waals surface area contributed by atoms with Crippen molar-refractivity contribution in [1.29, 1.82) is 0 Å². The van der Waals surface area contributed by atoms with Crippen molar-refractivity contribution in [2.24, 2.45) is 10.9 Å². The van der Waals surface area contributed by atoms with Crippen molar-refractivity contribution in [2.45, 2.75) is 40.0 Å². The highest BCUT2D eigenvalue weighted by Gasteiger charge is 2.21. The first kappa shape index (κ1) is 23.6. The van der Waals surface area contributed by atoms with Gasteiger partial charge in [0.05, 0.1) is 6.54 Å². The van der Waals surface area contributed by atoms with Gasteiger partial charge in [0.25, 0.3) is 0 Å². The molecule has 0 amide bonds. The van der Waals surface area contributed by atoms with Gasteiger partial charge in [-0.1, -0.05) is 39.8 Å². The summed E-state index contributed by atoms with van der Waals surface area (Å²) in [5, 5.41) is 6.83. The van der Waals surface area contributed by atoms with E-state index in [4.69, 9.17) is 4.99 Å². The van der Waals surface area contributed by atoms with Crippen molar-refractivity contribution in [3.05, 3.63) is 35.6 Å². The van der Waals surface area contributed by atoms with E-state index in [1.54, 1.807) is 12.1 Å². The van der Waals surface area contributed by atoms with Gasteiger partial charge in [0, 0.05) is 51.2 Å². The zero-order valence-corrected chi connectivity index (χ0v) is 19.0. The first-order valence-electron chi connectivity index (χ1n) is 11.1. The Hall–Kier alpha value is -1.66. The van der Waals surface area contributed by atoms with Crippen molar-refractivity contribution in [2.75, 3.05) is 58.9 Å². The molecule has 0 bridgehead atoms. The molecule has 29 heavy (non-hydrogen) atoms. The highest BCUT2D eigenvalue weighted by atomic mass is 19.1. The minimum atomic E-state index is -0.227. The van der Waals surface area contributed by atoms with Crippen LogP contribution in [0.4, 0.5) is 4.39 Å². The van der Waals surface area contributed by atoms with Crippen LogP contribution in [0.25, 0.3) is 0 Å². The molecule has 1 aromatic rings. The van der Waals surface area contributed by atoms with E-state index in [9.17, 15) is 4.39 Å². The number of hydrogen-bond acceptors (Lipinski definition) is 3. The monoisotopic (exact) mass is 405 g/mol. The number of aliphatic imine (C=N–C) groups is 1. The van der Waals surface area contributed by atoms with Crippen molar-refractivity contribution >= 4 is 5.96 Å². The molecule has 6 heteroatoms. The van der Waals surface area contributed by atoms with Crippen LogP contribution in [-0.2, 0) is 5.41 Å². The lowest BCUT2D eigenvalue weighted by Gasteiger charge is -2.35. The van der Waals surface area contributed by atoms with Gasteiger partial charge in [-0.3, -0.25) is 4.99 Å². The number of nitrogens with one attached hydrogen (secondary N) is 2. The van der Waals surface area contributed by atoms with Crippen LogP contribution in [0, 0.1) is 11.7 Å². The number of benzene rings is 1. The van der Waals surface area contributed by atoms with Crippen LogP contribution >= 0.6 is 0 Å². The number of likely N-dealkylation sites (N-methyl/N-ethyl adjacent to an activating group) is 1. The molecule has 0 radical (unpaired) electrons. The molecule has 1 atom stereocenters. The Morgan fingerprint density at radius 2 is 1.83 bits per heavy atom. The van der Waals surface area contributed by atoms with Crippen molar-refractivity contribution in [3.63, 3.8) is 0 Å². The molecule has 0 saturated carbocycles. The fourth-order valence-electron chi connectivity index (χ4n) is 3.68. The third kappa shape index (κ3) is 7.94. The SMILES string of the molecule is CCNC(=NCC(C)(C)c1cccc(F)c1)NCC(C)CN1CCN(CC)CC1. The van der Waals surface area contributed by atoms with Gasteiger partial charge in [-0.15, -0.1) is 0 Å². The topological polar surface area (TPSA) is 42.9 Å². The molecule has 1 aliphatic rings. The smallest absolute Gasteiger partial charge is 0.191 e. The lowest BCUT2D eigenvalue weighted by molar-refractivity contribution is 0.124. The first-order valence-corrected chi connectivity index (χ1v) is 11.1. The van der Waals surface area contributed by atoms with Crippen LogP contribution in [-0.4, -0.2) is 74.7 Å². The van der Waals surface area contributed by atoms with Crippen molar-refractivity contribution < 1.29 is 4.39 Å². The third-order valence-corrected chi connectivity index (χ3v) is 5.68. The fourth-order valence-corrected chi connectivity index (χ4v) is 3.68. The van der Waals surface area contributed by atoms with Crippen molar-refractivity contribution in [3.8, 4) is 0 Å². The molecule has 1 saturated heterocycles. The van der Waals surface area contributed by atoms with E-state index >= 15 is 0 Å². The second-order valence-electron chi connectivity index (χ2n) is 8.81. The molecule has 164 valence electrons. The highest BCUT2D eigenvalue weighted by Crippen LogP contribution is 2.24. The van der Waals surface area contributed by atoms with Crippen LogP contribution in [0.3, 0.4) is 0 Å². The van der Waals surface area contributed by atoms with E-state index in [2.05, 4.69) is 55.1 Å². The zero-order chi connectivity index (χ0) is 21.3. The fraction of sp³-hybridized carbons (Fsp3) is 0.696. The average molecular weight is 406 g/mol. The van der Waals surface area contributed by atoms with Gasteiger partial charge in [-0.05, 0) is 37.1 Å². The van der Waals surface area contributed by atoms with Crippen LogP contribution in [0.2, 0.25) is 0 Å². The minimum absolute atomic E-state index is 0.196. The predicted molar refractivity (Wildman–Crippen MR) is 121 cm³/mol. The summed E-state index contributed by atoms with van der Waals surface area (Å²) in [7, 11) is 0. The summed E-state index contributed by atoms with van der Waals surface area (Å²) in [6, 6.07) is 6.83. The predicted octanol–water partition coefficient (Wildman–Crippen LogP) is 2.93. The molecule has 1 unspecified atom stereocenters. The number of piperazine rings is 1. The zero-order valence-electron chi connectivity index (χ0n) is 19.0.